The molecule has 1 atom stereocenters. The van der Waals surface area contributed by atoms with Crippen molar-refractivity contribution in [2.45, 2.75) is 13.0 Å². The van der Waals surface area contributed by atoms with E-state index in [-0.39, 0.29) is 17.9 Å². The fraction of sp³-hybridized carbons (Fsp3) is 0.385. The molecule has 0 radical (unpaired) electrons. The van der Waals surface area contributed by atoms with Gasteiger partial charge < -0.3 is 19.2 Å². The average Bonchev–Trinajstić information content (AvgIpc) is 2.96. The quantitative estimate of drug-likeness (QED) is 0.865. The highest BCUT2D eigenvalue weighted by Gasteiger charge is 2.43. The molecule has 1 aliphatic heterocycles. The summed E-state index contributed by atoms with van der Waals surface area (Å²) in [7, 11) is 1.52. The van der Waals surface area contributed by atoms with Crippen molar-refractivity contribution in [1.29, 1.82) is 0 Å². The minimum Gasteiger partial charge on any atom is -0.503 e. The van der Waals surface area contributed by atoms with E-state index < -0.39 is 17.7 Å². The number of nitrogens with zero attached hydrogens (tertiary/aromatic N) is 1. The normalized spacial score (nSPS) is 19.4. The number of hydrogen-bond acceptors (Lipinski definition) is 5. The van der Waals surface area contributed by atoms with Crippen molar-refractivity contribution in [2.75, 3.05) is 20.3 Å². The molecule has 0 bridgehead atoms. The van der Waals surface area contributed by atoms with Crippen molar-refractivity contribution in [2.24, 2.45) is 0 Å². The Morgan fingerprint density at radius 2 is 2.32 bits per heavy atom. The summed E-state index contributed by atoms with van der Waals surface area (Å²) in [6.45, 7) is 1.89. The number of furan rings is 1. The van der Waals surface area contributed by atoms with Gasteiger partial charge in [0.25, 0.3) is 5.91 Å². The number of ketones is 1. The molecule has 0 fully saturated rings. The molecular formula is C13H15NO5. The molecule has 6 heteroatoms. The van der Waals surface area contributed by atoms with E-state index in [1.54, 1.807) is 12.1 Å². The zero-order chi connectivity index (χ0) is 14.0. The van der Waals surface area contributed by atoms with Gasteiger partial charge in [-0.1, -0.05) is 0 Å². The molecule has 2 heterocycles. The maximum absolute atomic E-state index is 12.0. The van der Waals surface area contributed by atoms with E-state index in [1.807, 2.05) is 0 Å². The summed E-state index contributed by atoms with van der Waals surface area (Å²) in [4.78, 5) is 25.0. The van der Waals surface area contributed by atoms with Gasteiger partial charge >= 0.3 is 0 Å². The molecule has 102 valence electrons. The van der Waals surface area contributed by atoms with E-state index in [1.165, 1.54) is 25.2 Å². The van der Waals surface area contributed by atoms with E-state index in [0.29, 0.717) is 12.4 Å². The summed E-state index contributed by atoms with van der Waals surface area (Å²) in [6, 6.07) is 2.65. The van der Waals surface area contributed by atoms with Crippen molar-refractivity contribution in [3.8, 4) is 0 Å². The van der Waals surface area contributed by atoms with Gasteiger partial charge in [0.2, 0.25) is 0 Å². The van der Waals surface area contributed by atoms with Gasteiger partial charge in [-0.25, -0.2) is 0 Å². The fourth-order valence-corrected chi connectivity index (χ4v) is 2.18. The van der Waals surface area contributed by atoms with E-state index in [4.69, 9.17) is 9.15 Å². The Morgan fingerprint density at radius 3 is 2.84 bits per heavy atom. The zero-order valence-corrected chi connectivity index (χ0v) is 10.8. The average molecular weight is 265 g/mol. The van der Waals surface area contributed by atoms with Gasteiger partial charge in [0.15, 0.2) is 11.5 Å². The zero-order valence-electron chi connectivity index (χ0n) is 10.8. The molecule has 1 aromatic rings. The molecule has 1 N–H and O–H groups in total. The predicted molar refractivity (Wildman–Crippen MR) is 65.4 cm³/mol. The summed E-state index contributed by atoms with van der Waals surface area (Å²) < 4.78 is 10.2. The second-order valence-corrected chi connectivity index (χ2v) is 4.23. The predicted octanol–water partition coefficient (Wildman–Crippen LogP) is 1.21. The molecule has 0 spiro atoms. The molecule has 0 aromatic carbocycles. The minimum atomic E-state index is -0.685. The lowest BCUT2D eigenvalue weighted by atomic mass is 10.0. The van der Waals surface area contributed by atoms with E-state index in [2.05, 4.69) is 0 Å². The maximum Gasteiger partial charge on any atom is 0.290 e. The highest BCUT2D eigenvalue weighted by atomic mass is 16.5. The third kappa shape index (κ3) is 2.26. The van der Waals surface area contributed by atoms with Crippen molar-refractivity contribution in [3.63, 3.8) is 0 Å². The second-order valence-electron chi connectivity index (χ2n) is 4.23. The molecule has 1 amide bonds. The molecular weight excluding hydrogens is 250 g/mol. The number of aliphatic hydroxyl groups is 1. The lowest BCUT2D eigenvalue weighted by molar-refractivity contribution is -0.130. The smallest absolute Gasteiger partial charge is 0.290 e. The number of carbonyl (C=O) groups excluding carboxylic acids is 2. The minimum absolute atomic E-state index is 0.0658. The first-order valence-corrected chi connectivity index (χ1v) is 5.85. The summed E-state index contributed by atoms with van der Waals surface area (Å²) in [5.74, 6) is -1.00. The molecule has 0 saturated heterocycles. The van der Waals surface area contributed by atoms with Crippen LogP contribution in [0.1, 0.15) is 18.7 Å². The standard InChI is InChI=1S/C13H15NO5/c1-8(15)10-11(9-4-3-6-19-9)14(5-7-18-2)13(17)12(10)16/h3-4,6,11,16H,5,7H2,1-2H3. The van der Waals surface area contributed by atoms with E-state index >= 15 is 0 Å². The highest BCUT2D eigenvalue weighted by Crippen LogP contribution is 2.37. The number of carbonyl (C=O) groups is 2. The van der Waals surface area contributed by atoms with Crippen LogP contribution in [0, 0.1) is 0 Å². The Labute approximate surface area is 110 Å². The van der Waals surface area contributed by atoms with Gasteiger partial charge in [-0.05, 0) is 19.1 Å². The van der Waals surface area contributed by atoms with Crippen LogP contribution in [0.3, 0.4) is 0 Å². The van der Waals surface area contributed by atoms with Crippen molar-refractivity contribution in [3.05, 3.63) is 35.5 Å². The molecule has 19 heavy (non-hydrogen) atoms. The van der Waals surface area contributed by atoms with Crippen molar-refractivity contribution < 1.29 is 23.8 Å². The molecule has 0 saturated carbocycles. The van der Waals surface area contributed by atoms with Crippen LogP contribution in [0.2, 0.25) is 0 Å². The van der Waals surface area contributed by atoms with Gasteiger partial charge in [0.1, 0.15) is 11.8 Å². The van der Waals surface area contributed by atoms with Crippen LogP contribution in [0.15, 0.2) is 34.1 Å². The summed E-state index contributed by atoms with van der Waals surface area (Å²) in [5, 5.41) is 9.85. The Kier molecular flexibility index (Phi) is 3.71. The lowest BCUT2D eigenvalue weighted by Crippen LogP contribution is -2.33. The number of methoxy groups -OCH3 is 1. The SMILES string of the molecule is COCCN1C(=O)C(O)=C(C(C)=O)C1c1ccco1. The second kappa shape index (κ2) is 5.27. The first-order chi connectivity index (χ1) is 9.07. The Bertz CT molecular complexity index is 517. The van der Waals surface area contributed by atoms with Gasteiger partial charge in [-0.15, -0.1) is 0 Å². The lowest BCUT2D eigenvalue weighted by Gasteiger charge is -2.24. The topological polar surface area (TPSA) is 80.0 Å². The van der Waals surface area contributed by atoms with Crippen LogP contribution >= 0.6 is 0 Å². The van der Waals surface area contributed by atoms with Crippen molar-refractivity contribution in [1.82, 2.24) is 4.90 Å². The number of Topliss-reactive ketones (excluding diaryl/α,β-unsaturated/α-hetero) is 1. The molecule has 6 nitrogen and oxygen atoms in total. The molecule has 2 rings (SSSR count). The summed E-state index contributed by atoms with van der Waals surface area (Å²) in [6.07, 6.45) is 1.46. The monoisotopic (exact) mass is 265 g/mol. The number of aliphatic hydroxyl groups excluding tert-OH is 1. The van der Waals surface area contributed by atoms with Gasteiger partial charge in [0, 0.05) is 13.7 Å². The van der Waals surface area contributed by atoms with Gasteiger partial charge in [-0.2, -0.15) is 0 Å². The maximum atomic E-state index is 12.0. The van der Waals surface area contributed by atoms with Crippen LogP contribution in [0.5, 0.6) is 0 Å². The fourth-order valence-electron chi connectivity index (χ4n) is 2.18. The van der Waals surface area contributed by atoms with Crippen LogP contribution in [0.4, 0.5) is 0 Å². The van der Waals surface area contributed by atoms with Crippen LogP contribution in [-0.2, 0) is 14.3 Å². The van der Waals surface area contributed by atoms with E-state index in [9.17, 15) is 14.7 Å². The van der Waals surface area contributed by atoms with E-state index in [0.717, 1.165) is 0 Å². The largest absolute Gasteiger partial charge is 0.503 e. The van der Waals surface area contributed by atoms with Crippen LogP contribution in [0.25, 0.3) is 0 Å². The van der Waals surface area contributed by atoms with Crippen molar-refractivity contribution >= 4 is 11.7 Å². The molecule has 1 aromatic heterocycles. The Morgan fingerprint density at radius 1 is 1.58 bits per heavy atom. The molecule has 0 aliphatic carbocycles. The Hall–Kier alpha value is -2.08. The first-order valence-electron chi connectivity index (χ1n) is 5.85. The number of hydrogen-bond donors (Lipinski definition) is 1. The van der Waals surface area contributed by atoms with Crippen LogP contribution in [-0.4, -0.2) is 42.0 Å². The summed E-state index contributed by atoms with van der Waals surface area (Å²) in [5.41, 5.74) is 0.0658. The first kappa shape index (κ1) is 13.4. The number of ether oxygens (including phenoxy) is 1. The molecule has 1 unspecified atom stereocenters. The highest BCUT2D eigenvalue weighted by molar-refractivity contribution is 6.07. The number of rotatable bonds is 5. The third-order valence-electron chi connectivity index (χ3n) is 3.03. The third-order valence-corrected chi connectivity index (χ3v) is 3.03. The van der Waals surface area contributed by atoms with Crippen LogP contribution < -0.4 is 0 Å². The van der Waals surface area contributed by atoms with Gasteiger partial charge in [0.05, 0.1) is 18.4 Å². The summed E-state index contributed by atoms with van der Waals surface area (Å²) >= 11 is 0. The Balaban J connectivity index is 2.41. The number of amides is 1. The van der Waals surface area contributed by atoms with Gasteiger partial charge in [-0.3, -0.25) is 9.59 Å². The molecule has 1 aliphatic rings.